The molecule has 1 heteroatoms. The second-order valence-electron chi connectivity index (χ2n) is 4.12. The van der Waals surface area contributed by atoms with E-state index in [-0.39, 0.29) is 0 Å². The van der Waals surface area contributed by atoms with Gasteiger partial charge in [-0.2, -0.15) is 0 Å². The van der Waals surface area contributed by atoms with Gasteiger partial charge < -0.3 is 5.11 Å². The molecule has 1 rings (SSSR count). The van der Waals surface area contributed by atoms with Crippen LogP contribution in [-0.2, 0) is 0 Å². The van der Waals surface area contributed by atoms with Crippen molar-refractivity contribution in [2.24, 2.45) is 5.92 Å². The first-order valence-corrected chi connectivity index (χ1v) is 4.43. The number of aliphatic hydroxyl groups is 1. The maximum Gasteiger partial charge on any atom is 0.0800 e. The molecule has 1 N–H and O–H groups in total. The average Bonchev–Trinajstić information content (AvgIpc) is 1.86. The summed E-state index contributed by atoms with van der Waals surface area (Å²) in [6.07, 6.45) is 5.81. The van der Waals surface area contributed by atoms with Gasteiger partial charge in [0.05, 0.1) is 5.60 Å². The number of hydrogen-bond donors (Lipinski definition) is 1. The predicted molar refractivity (Wildman–Crippen MR) is 47.4 cm³/mol. The fourth-order valence-corrected chi connectivity index (χ4v) is 1.63. The largest absolute Gasteiger partial charge is 0.386 e. The lowest BCUT2D eigenvalue weighted by Gasteiger charge is -2.27. The Kier molecular flexibility index (Phi) is 2.38. The summed E-state index contributed by atoms with van der Waals surface area (Å²) in [6, 6.07) is 0. The maximum absolute atomic E-state index is 9.69. The van der Waals surface area contributed by atoms with E-state index in [0.717, 1.165) is 6.42 Å². The first-order valence-electron chi connectivity index (χ1n) is 4.43. The minimum absolute atomic E-state index is 0.589. The fourth-order valence-electron chi connectivity index (χ4n) is 1.63. The lowest BCUT2D eigenvalue weighted by Crippen LogP contribution is -2.24. The third-order valence-corrected chi connectivity index (χ3v) is 2.38. The molecule has 0 bridgehead atoms. The molecule has 0 aliphatic heterocycles. The highest BCUT2D eigenvalue weighted by atomic mass is 16.3. The van der Waals surface area contributed by atoms with E-state index in [2.05, 4.69) is 13.0 Å². The van der Waals surface area contributed by atoms with Crippen molar-refractivity contribution in [2.75, 3.05) is 0 Å². The van der Waals surface area contributed by atoms with Gasteiger partial charge in [-0.15, -0.1) is 0 Å². The molecule has 0 saturated carbocycles. The first-order chi connectivity index (χ1) is 5.00. The van der Waals surface area contributed by atoms with Gasteiger partial charge in [-0.25, -0.2) is 0 Å². The van der Waals surface area contributed by atoms with Gasteiger partial charge in [-0.3, -0.25) is 0 Å². The van der Waals surface area contributed by atoms with Gasteiger partial charge in [0.1, 0.15) is 0 Å². The molecule has 1 aliphatic carbocycles. The molecule has 0 aromatic heterocycles. The molecule has 1 unspecified atom stereocenters. The van der Waals surface area contributed by atoms with Gasteiger partial charge in [-0.05, 0) is 44.6 Å². The van der Waals surface area contributed by atoms with E-state index in [4.69, 9.17) is 0 Å². The predicted octanol–water partition coefficient (Wildman–Crippen LogP) is 2.50. The fraction of sp³-hybridized carbons (Fsp3) is 0.800. The minimum Gasteiger partial charge on any atom is -0.386 e. The van der Waals surface area contributed by atoms with Crippen LogP contribution >= 0.6 is 0 Å². The number of rotatable bonds is 1. The third-order valence-electron chi connectivity index (χ3n) is 2.38. The second-order valence-corrected chi connectivity index (χ2v) is 4.12. The van der Waals surface area contributed by atoms with Gasteiger partial charge in [-0.1, -0.05) is 13.0 Å². The number of hydrogen-bond acceptors (Lipinski definition) is 1. The molecule has 0 heterocycles. The van der Waals surface area contributed by atoms with Crippen LogP contribution in [0.2, 0.25) is 0 Å². The SMILES string of the molecule is CC1C=C(C(C)(C)O)CCC1. The Bertz CT molecular complexity index is 162. The summed E-state index contributed by atoms with van der Waals surface area (Å²) in [5.74, 6) is 0.658. The van der Waals surface area contributed by atoms with Gasteiger partial charge in [0.25, 0.3) is 0 Å². The zero-order valence-corrected chi connectivity index (χ0v) is 7.72. The van der Waals surface area contributed by atoms with E-state index in [1.165, 1.54) is 18.4 Å². The molecule has 0 aromatic carbocycles. The van der Waals surface area contributed by atoms with E-state index in [1.807, 2.05) is 13.8 Å². The molecule has 11 heavy (non-hydrogen) atoms. The standard InChI is InChI=1S/C10H18O/c1-8-5-4-6-9(7-8)10(2,3)11/h7-8,11H,4-6H2,1-3H3. The molecule has 1 atom stereocenters. The summed E-state index contributed by atoms with van der Waals surface area (Å²) in [5.41, 5.74) is 0.630. The highest BCUT2D eigenvalue weighted by Crippen LogP contribution is 2.29. The average molecular weight is 154 g/mol. The van der Waals surface area contributed by atoms with E-state index >= 15 is 0 Å². The molecular formula is C10H18O. The normalized spacial score (nSPS) is 26.5. The van der Waals surface area contributed by atoms with E-state index < -0.39 is 5.60 Å². The summed E-state index contributed by atoms with van der Waals surface area (Å²) in [4.78, 5) is 0. The van der Waals surface area contributed by atoms with E-state index in [0.29, 0.717) is 5.92 Å². The molecule has 1 nitrogen and oxygen atoms in total. The van der Waals surface area contributed by atoms with Gasteiger partial charge >= 0.3 is 0 Å². The Labute approximate surface area is 69.1 Å². The zero-order valence-electron chi connectivity index (χ0n) is 7.72. The molecule has 0 saturated heterocycles. The van der Waals surface area contributed by atoms with Gasteiger partial charge in [0, 0.05) is 0 Å². The lowest BCUT2D eigenvalue weighted by atomic mass is 9.84. The van der Waals surface area contributed by atoms with Crippen LogP contribution in [0.15, 0.2) is 11.6 Å². The summed E-state index contributed by atoms with van der Waals surface area (Å²) in [6.45, 7) is 5.96. The van der Waals surface area contributed by atoms with Crippen LogP contribution in [0.4, 0.5) is 0 Å². The zero-order chi connectivity index (χ0) is 8.48. The van der Waals surface area contributed by atoms with Crippen LogP contribution in [0, 0.1) is 5.92 Å². The lowest BCUT2D eigenvalue weighted by molar-refractivity contribution is 0.112. The molecule has 1 aliphatic rings. The topological polar surface area (TPSA) is 20.2 Å². The second kappa shape index (κ2) is 2.98. The van der Waals surface area contributed by atoms with Crippen molar-refractivity contribution in [3.63, 3.8) is 0 Å². The molecule has 0 radical (unpaired) electrons. The first kappa shape index (κ1) is 8.79. The van der Waals surface area contributed by atoms with Crippen molar-refractivity contribution in [3.8, 4) is 0 Å². The van der Waals surface area contributed by atoms with Crippen LogP contribution in [0.5, 0.6) is 0 Å². The summed E-state index contributed by atoms with van der Waals surface area (Å²) < 4.78 is 0. The summed E-state index contributed by atoms with van der Waals surface area (Å²) >= 11 is 0. The maximum atomic E-state index is 9.69. The Morgan fingerprint density at radius 2 is 2.18 bits per heavy atom. The van der Waals surface area contributed by atoms with E-state index in [1.54, 1.807) is 0 Å². The molecule has 0 spiro atoms. The van der Waals surface area contributed by atoms with Crippen molar-refractivity contribution in [1.82, 2.24) is 0 Å². The van der Waals surface area contributed by atoms with Crippen molar-refractivity contribution in [2.45, 2.75) is 45.6 Å². The van der Waals surface area contributed by atoms with Crippen molar-refractivity contribution >= 4 is 0 Å². The quantitative estimate of drug-likeness (QED) is 0.575. The van der Waals surface area contributed by atoms with Crippen LogP contribution in [-0.4, -0.2) is 10.7 Å². The molecular weight excluding hydrogens is 136 g/mol. The molecule has 0 aromatic rings. The van der Waals surface area contributed by atoms with Gasteiger partial charge in [0.2, 0.25) is 0 Å². The van der Waals surface area contributed by atoms with Crippen molar-refractivity contribution in [1.29, 1.82) is 0 Å². The minimum atomic E-state index is -0.589. The molecule has 64 valence electrons. The van der Waals surface area contributed by atoms with Gasteiger partial charge in [0.15, 0.2) is 0 Å². The third kappa shape index (κ3) is 2.33. The Morgan fingerprint density at radius 3 is 2.55 bits per heavy atom. The molecule has 0 fully saturated rings. The van der Waals surface area contributed by atoms with Crippen LogP contribution in [0.25, 0.3) is 0 Å². The Hall–Kier alpha value is -0.300. The Morgan fingerprint density at radius 1 is 1.55 bits per heavy atom. The van der Waals surface area contributed by atoms with Crippen LogP contribution in [0.1, 0.15) is 40.0 Å². The monoisotopic (exact) mass is 154 g/mol. The van der Waals surface area contributed by atoms with Crippen LogP contribution in [0.3, 0.4) is 0 Å². The smallest absolute Gasteiger partial charge is 0.0800 e. The highest BCUT2D eigenvalue weighted by Gasteiger charge is 2.22. The summed E-state index contributed by atoms with van der Waals surface area (Å²) in [7, 11) is 0. The highest BCUT2D eigenvalue weighted by molar-refractivity contribution is 5.16. The Balaban J connectivity index is 2.71. The van der Waals surface area contributed by atoms with Crippen molar-refractivity contribution in [3.05, 3.63) is 11.6 Å². The summed E-state index contributed by atoms with van der Waals surface area (Å²) in [5, 5.41) is 9.69. The molecule has 0 amide bonds. The number of allylic oxidation sites excluding steroid dienone is 1. The van der Waals surface area contributed by atoms with Crippen molar-refractivity contribution < 1.29 is 5.11 Å². The van der Waals surface area contributed by atoms with Crippen LogP contribution < -0.4 is 0 Å². The van der Waals surface area contributed by atoms with E-state index in [9.17, 15) is 5.11 Å².